The maximum atomic E-state index is 13.6. The Balaban J connectivity index is 1.46. The quantitative estimate of drug-likeness (QED) is 0.562. The van der Waals surface area contributed by atoms with Crippen LogP contribution in [0.2, 0.25) is 0 Å². The van der Waals surface area contributed by atoms with Crippen molar-refractivity contribution in [2.45, 2.75) is 23.8 Å². The van der Waals surface area contributed by atoms with Gasteiger partial charge in [-0.05, 0) is 30.5 Å². The summed E-state index contributed by atoms with van der Waals surface area (Å²) in [5, 5.41) is 0. The van der Waals surface area contributed by atoms with Gasteiger partial charge in [-0.15, -0.1) is 11.8 Å². The number of anilines is 1. The first-order valence-electron chi connectivity index (χ1n) is 10.2. The van der Waals surface area contributed by atoms with E-state index >= 15 is 0 Å². The lowest BCUT2D eigenvalue weighted by Gasteiger charge is -2.37. The SMILES string of the molecule is O=C1[C@H]2CC=CC[C@@H]2C(=O)N1CC(=O)N1c2ccccc2SC[C@H]1c1ccccc1. The highest BCUT2D eigenvalue weighted by molar-refractivity contribution is 7.99. The fourth-order valence-electron chi connectivity index (χ4n) is 4.65. The highest BCUT2D eigenvalue weighted by atomic mass is 32.2. The number of carbonyl (C=O) groups is 3. The van der Waals surface area contributed by atoms with E-state index in [0.717, 1.165) is 21.9 Å². The molecule has 2 aliphatic heterocycles. The molecular weight excluding hydrogens is 396 g/mol. The molecule has 1 aliphatic carbocycles. The van der Waals surface area contributed by atoms with E-state index in [0.29, 0.717) is 12.8 Å². The second-order valence-corrected chi connectivity index (χ2v) is 8.95. The molecule has 1 fully saturated rings. The minimum Gasteiger partial charge on any atom is -0.301 e. The van der Waals surface area contributed by atoms with Crippen molar-refractivity contribution >= 4 is 35.2 Å². The summed E-state index contributed by atoms with van der Waals surface area (Å²) < 4.78 is 0. The number of thioether (sulfide) groups is 1. The van der Waals surface area contributed by atoms with Gasteiger partial charge in [0, 0.05) is 10.6 Å². The number of likely N-dealkylation sites (tertiary alicyclic amines) is 1. The molecule has 5 rings (SSSR count). The molecule has 30 heavy (non-hydrogen) atoms. The van der Waals surface area contributed by atoms with Gasteiger partial charge in [-0.2, -0.15) is 0 Å². The number of nitrogens with zero attached hydrogens (tertiary/aromatic N) is 2. The van der Waals surface area contributed by atoms with Crippen LogP contribution in [0.25, 0.3) is 0 Å². The largest absolute Gasteiger partial charge is 0.301 e. The smallest absolute Gasteiger partial charge is 0.247 e. The van der Waals surface area contributed by atoms with Gasteiger partial charge in [-0.3, -0.25) is 19.3 Å². The van der Waals surface area contributed by atoms with Crippen LogP contribution in [0.4, 0.5) is 5.69 Å². The summed E-state index contributed by atoms with van der Waals surface area (Å²) in [6.07, 6.45) is 5.08. The van der Waals surface area contributed by atoms with E-state index in [-0.39, 0.29) is 42.1 Å². The molecule has 2 aromatic carbocycles. The average Bonchev–Trinajstić information content (AvgIpc) is 3.04. The molecule has 3 atom stereocenters. The first-order valence-corrected chi connectivity index (χ1v) is 11.2. The van der Waals surface area contributed by atoms with Crippen molar-refractivity contribution in [2.75, 3.05) is 17.2 Å². The fourth-order valence-corrected chi connectivity index (χ4v) is 5.82. The zero-order chi connectivity index (χ0) is 20.7. The predicted octanol–water partition coefficient (Wildman–Crippen LogP) is 3.82. The maximum absolute atomic E-state index is 13.6. The summed E-state index contributed by atoms with van der Waals surface area (Å²) in [4.78, 5) is 43.3. The van der Waals surface area contributed by atoms with Crippen LogP contribution in [0.15, 0.2) is 71.6 Å². The number of benzene rings is 2. The summed E-state index contributed by atoms with van der Waals surface area (Å²) in [6.45, 7) is -0.201. The third-order valence-electron chi connectivity index (χ3n) is 6.18. The number of hydrogen-bond acceptors (Lipinski definition) is 4. The van der Waals surface area contributed by atoms with E-state index in [2.05, 4.69) is 0 Å². The molecule has 2 aromatic rings. The Hall–Kier alpha value is -2.86. The van der Waals surface area contributed by atoms with Gasteiger partial charge in [-0.25, -0.2) is 0 Å². The Labute approximate surface area is 179 Å². The number of hydrogen-bond donors (Lipinski definition) is 0. The fraction of sp³-hybridized carbons (Fsp3) is 0.292. The second kappa shape index (κ2) is 7.76. The van der Waals surface area contributed by atoms with E-state index in [1.165, 1.54) is 4.90 Å². The predicted molar refractivity (Wildman–Crippen MR) is 116 cm³/mol. The van der Waals surface area contributed by atoms with Gasteiger partial charge in [0.1, 0.15) is 6.54 Å². The Morgan fingerprint density at radius 1 is 0.900 bits per heavy atom. The molecule has 3 aliphatic rings. The van der Waals surface area contributed by atoms with Crippen molar-refractivity contribution in [2.24, 2.45) is 11.8 Å². The van der Waals surface area contributed by atoms with Crippen molar-refractivity contribution < 1.29 is 14.4 Å². The van der Waals surface area contributed by atoms with Gasteiger partial charge >= 0.3 is 0 Å². The third-order valence-corrected chi connectivity index (χ3v) is 7.32. The summed E-state index contributed by atoms with van der Waals surface area (Å²) in [5.74, 6) is -0.542. The molecule has 0 bridgehead atoms. The monoisotopic (exact) mass is 418 g/mol. The molecular formula is C24H22N2O3S. The molecule has 0 aromatic heterocycles. The number of amides is 3. The number of fused-ring (bicyclic) bond motifs is 2. The molecule has 0 spiro atoms. The molecule has 6 heteroatoms. The lowest BCUT2D eigenvalue weighted by molar-refractivity contribution is -0.143. The van der Waals surface area contributed by atoms with Gasteiger partial charge in [0.15, 0.2) is 0 Å². The standard InChI is InChI=1S/C24H22N2O3S/c27-22(14-25-23(28)17-10-4-5-11-18(17)24(25)29)26-19-12-6-7-13-21(19)30-15-20(26)16-8-2-1-3-9-16/h1-9,12-13,17-18,20H,10-11,14-15H2/t17-,18-,20-/m0/s1. The minimum atomic E-state index is -0.315. The van der Waals surface area contributed by atoms with Crippen molar-refractivity contribution in [1.29, 1.82) is 0 Å². The molecule has 3 amide bonds. The zero-order valence-electron chi connectivity index (χ0n) is 16.4. The molecule has 5 nitrogen and oxygen atoms in total. The van der Waals surface area contributed by atoms with Crippen LogP contribution >= 0.6 is 11.8 Å². The number of allylic oxidation sites excluding steroid dienone is 2. The average molecular weight is 419 g/mol. The van der Waals surface area contributed by atoms with Crippen molar-refractivity contribution in [1.82, 2.24) is 4.90 Å². The molecule has 0 unspecified atom stereocenters. The lowest BCUT2D eigenvalue weighted by Crippen LogP contribution is -2.46. The molecule has 0 saturated carbocycles. The van der Waals surface area contributed by atoms with Gasteiger partial charge in [0.05, 0.1) is 23.6 Å². The normalized spacial score (nSPS) is 25.3. The topological polar surface area (TPSA) is 57.7 Å². The lowest BCUT2D eigenvalue weighted by atomic mass is 9.85. The number of rotatable bonds is 3. The van der Waals surface area contributed by atoms with Crippen molar-refractivity contribution in [3.8, 4) is 0 Å². The van der Waals surface area contributed by atoms with Crippen LogP contribution in [-0.4, -0.2) is 34.9 Å². The molecule has 152 valence electrons. The van der Waals surface area contributed by atoms with Crippen LogP contribution in [0, 0.1) is 11.8 Å². The molecule has 0 N–H and O–H groups in total. The molecule has 2 heterocycles. The number of carbonyl (C=O) groups excluding carboxylic acids is 3. The third kappa shape index (κ3) is 3.16. The number of para-hydroxylation sites is 1. The first-order chi connectivity index (χ1) is 14.6. The Kier molecular flexibility index (Phi) is 4.95. The van der Waals surface area contributed by atoms with Crippen molar-refractivity contribution in [3.05, 3.63) is 72.3 Å². The number of imide groups is 1. The van der Waals surface area contributed by atoms with Gasteiger partial charge in [0.2, 0.25) is 17.7 Å². The summed E-state index contributed by atoms with van der Waals surface area (Å²) >= 11 is 1.72. The van der Waals surface area contributed by atoms with Crippen molar-refractivity contribution in [3.63, 3.8) is 0 Å². The Morgan fingerprint density at radius 3 is 2.23 bits per heavy atom. The van der Waals surface area contributed by atoms with Crippen LogP contribution in [-0.2, 0) is 14.4 Å². The van der Waals surface area contributed by atoms with E-state index in [1.807, 2.05) is 66.7 Å². The van der Waals surface area contributed by atoms with Crippen LogP contribution in [0.5, 0.6) is 0 Å². The second-order valence-electron chi connectivity index (χ2n) is 7.89. The zero-order valence-corrected chi connectivity index (χ0v) is 17.3. The van der Waals surface area contributed by atoms with E-state index in [1.54, 1.807) is 16.7 Å². The summed E-state index contributed by atoms with van der Waals surface area (Å²) in [5.41, 5.74) is 1.88. The van der Waals surface area contributed by atoms with Crippen LogP contribution < -0.4 is 4.90 Å². The Bertz CT molecular complexity index is 1010. The van der Waals surface area contributed by atoms with Crippen LogP contribution in [0.1, 0.15) is 24.4 Å². The summed E-state index contributed by atoms with van der Waals surface area (Å²) in [7, 11) is 0. The molecule has 1 saturated heterocycles. The van der Waals surface area contributed by atoms with Crippen LogP contribution in [0.3, 0.4) is 0 Å². The molecule has 0 radical (unpaired) electrons. The minimum absolute atomic E-state index is 0.143. The van der Waals surface area contributed by atoms with Gasteiger partial charge in [-0.1, -0.05) is 54.6 Å². The Morgan fingerprint density at radius 2 is 1.53 bits per heavy atom. The highest BCUT2D eigenvalue weighted by Crippen LogP contribution is 2.43. The maximum Gasteiger partial charge on any atom is 0.247 e. The van der Waals surface area contributed by atoms with E-state index < -0.39 is 0 Å². The highest BCUT2D eigenvalue weighted by Gasteiger charge is 2.48. The van der Waals surface area contributed by atoms with Gasteiger partial charge < -0.3 is 4.90 Å². The van der Waals surface area contributed by atoms with Gasteiger partial charge in [0.25, 0.3) is 0 Å². The summed E-state index contributed by atoms with van der Waals surface area (Å²) in [6, 6.07) is 17.6. The van der Waals surface area contributed by atoms with E-state index in [4.69, 9.17) is 0 Å². The van der Waals surface area contributed by atoms with E-state index in [9.17, 15) is 14.4 Å². The first kappa shape index (κ1) is 19.1.